The second-order valence-corrected chi connectivity index (χ2v) is 8.69. The molecule has 1 aromatic rings. The Bertz CT molecular complexity index is 529. The molecule has 2 N–H and O–H groups in total. The molecule has 0 spiro atoms. The van der Waals surface area contributed by atoms with Crippen LogP contribution in [-0.2, 0) is 6.42 Å². The lowest BCUT2D eigenvalue weighted by atomic mass is 10.0. The van der Waals surface area contributed by atoms with Crippen molar-refractivity contribution in [3.05, 3.63) is 35.4 Å². The fourth-order valence-corrected chi connectivity index (χ4v) is 4.05. The van der Waals surface area contributed by atoms with E-state index >= 15 is 0 Å². The molecule has 1 aromatic carbocycles. The van der Waals surface area contributed by atoms with E-state index < -0.39 is 0 Å². The number of benzene rings is 1. The van der Waals surface area contributed by atoms with Crippen LogP contribution in [0.1, 0.15) is 126 Å². The molecule has 3 heteroatoms. The first-order valence-electron chi connectivity index (χ1n) is 12.8. The van der Waals surface area contributed by atoms with Gasteiger partial charge in [0.1, 0.15) is 0 Å². The zero-order chi connectivity index (χ0) is 21.7. The summed E-state index contributed by atoms with van der Waals surface area (Å²) in [6.45, 7) is 3.09. The Hall–Kier alpha value is -1.35. The minimum Gasteiger partial charge on any atom is -0.396 e. The van der Waals surface area contributed by atoms with E-state index in [1.807, 2.05) is 24.3 Å². The highest BCUT2D eigenvalue weighted by Gasteiger charge is 2.09. The van der Waals surface area contributed by atoms with Crippen LogP contribution in [0.4, 0.5) is 0 Å². The van der Waals surface area contributed by atoms with Gasteiger partial charge in [-0.3, -0.25) is 4.79 Å². The molecule has 0 heterocycles. The van der Waals surface area contributed by atoms with E-state index in [9.17, 15) is 4.79 Å². The average Bonchev–Trinajstić information content (AvgIpc) is 2.76. The fourth-order valence-electron chi connectivity index (χ4n) is 4.05. The lowest BCUT2D eigenvalue weighted by Crippen LogP contribution is -2.25. The Morgan fingerprint density at radius 3 is 1.70 bits per heavy atom. The lowest BCUT2D eigenvalue weighted by molar-refractivity contribution is 0.0952. The van der Waals surface area contributed by atoms with Gasteiger partial charge in [0.15, 0.2) is 0 Å². The summed E-state index contributed by atoms with van der Waals surface area (Å²) in [5.74, 6) is -0.0139. The van der Waals surface area contributed by atoms with Crippen LogP contribution in [0.25, 0.3) is 0 Å². The molecule has 0 atom stereocenters. The summed E-state index contributed by atoms with van der Waals surface area (Å²) < 4.78 is 0. The van der Waals surface area contributed by atoms with Crippen LogP contribution >= 0.6 is 0 Å². The zero-order valence-electron chi connectivity index (χ0n) is 19.6. The highest BCUT2D eigenvalue weighted by Crippen LogP contribution is 2.14. The number of carbonyl (C=O) groups is 1. The summed E-state index contributed by atoms with van der Waals surface area (Å²) in [4.78, 5) is 12.3. The van der Waals surface area contributed by atoms with Crippen LogP contribution in [0.2, 0.25) is 0 Å². The Kier molecular flexibility index (Phi) is 17.4. The van der Waals surface area contributed by atoms with E-state index in [0.29, 0.717) is 12.0 Å². The van der Waals surface area contributed by atoms with Crippen LogP contribution in [-0.4, -0.2) is 24.2 Å². The summed E-state index contributed by atoms with van der Waals surface area (Å²) in [6.07, 6.45) is 22.3. The number of carbonyl (C=O) groups excluding carboxylic acids is 1. The normalized spacial score (nSPS) is 11.0. The van der Waals surface area contributed by atoms with Gasteiger partial charge in [0.25, 0.3) is 5.91 Å². The van der Waals surface area contributed by atoms with Crippen molar-refractivity contribution in [1.29, 1.82) is 0 Å². The van der Waals surface area contributed by atoms with Gasteiger partial charge in [-0.15, -0.1) is 0 Å². The van der Waals surface area contributed by atoms with Gasteiger partial charge in [-0.05, 0) is 24.5 Å². The van der Waals surface area contributed by atoms with Gasteiger partial charge in [-0.1, -0.05) is 121 Å². The third kappa shape index (κ3) is 13.8. The first kappa shape index (κ1) is 26.7. The van der Waals surface area contributed by atoms with Crippen molar-refractivity contribution in [3.63, 3.8) is 0 Å². The third-order valence-corrected chi connectivity index (χ3v) is 5.96. The topological polar surface area (TPSA) is 49.3 Å². The molecule has 0 saturated carbocycles. The number of nitrogens with one attached hydrogen (secondary N) is 1. The van der Waals surface area contributed by atoms with E-state index in [0.717, 1.165) is 18.5 Å². The van der Waals surface area contributed by atoms with Gasteiger partial charge in [0.05, 0.1) is 0 Å². The van der Waals surface area contributed by atoms with E-state index in [-0.39, 0.29) is 12.5 Å². The Morgan fingerprint density at radius 2 is 1.20 bits per heavy atom. The number of hydrogen-bond acceptors (Lipinski definition) is 2. The van der Waals surface area contributed by atoms with Crippen LogP contribution in [0, 0.1) is 0 Å². The van der Waals surface area contributed by atoms with Crippen molar-refractivity contribution in [3.8, 4) is 0 Å². The predicted octanol–water partition coefficient (Wildman–Crippen LogP) is 7.21. The number of hydrogen-bond donors (Lipinski definition) is 2. The monoisotopic (exact) mass is 417 g/mol. The number of rotatable bonds is 20. The maximum absolute atomic E-state index is 12.3. The van der Waals surface area contributed by atoms with Gasteiger partial charge in [0.2, 0.25) is 0 Å². The van der Waals surface area contributed by atoms with Gasteiger partial charge in [0, 0.05) is 18.7 Å². The molecule has 1 amide bonds. The molecular weight excluding hydrogens is 370 g/mol. The maximum Gasteiger partial charge on any atom is 0.251 e. The summed E-state index contributed by atoms with van der Waals surface area (Å²) in [5, 5.41) is 12.2. The Labute approximate surface area is 186 Å². The molecule has 0 aliphatic rings. The van der Waals surface area contributed by atoms with Crippen LogP contribution in [0.15, 0.2) is 24.3 Å². The molecule has 1 rings (SSSR count). The molecule has 3 nitrogen and oxygen atoms in total. The molecule has 0 fully saturated rings. The molecule has 0 aliphatic carbocycles. The zero-order valence-corrected chi connectivity index (χ0v) is 19.6. The van der Waals surface area contributed by atoms with Crippen LogP contribution < -0.4 is 5.32 Å². The second kappa shape index (κ2) is 19.6. The quantitative estimate of drug-likeness (QED) is 0.220. The molecule has 0 aromatic heterocycles. The molecule has 172 valence electrons. The van der Waals surface area contributed by atoms with Crippen molar-refractivity contribution in [2.75, 3.05) is 13.2 Å². The Balaban J connectivity index is 1.87. The number of aliphatic hydroxyl groups is 1. The highest BCUT2D eigenvalue weighted by atomic mass is 16.3. The summed E-state index contributed by atoms with van der Waals surface area (Å²) in [7, 11) is 0. The van der Waals surface area contributed by atoms with Crippen molar-refractivity contribution in [2.24, 2.45) is 0 Å². The predicted molar refractivity (Wildman–Crippen MR) is 129 cm³/mol. The van der Waals surface area contributed by atoms with Crippen LogP contribution in [0.3, 0.4) is 0 Å². The van der Waals surface area contributed by atoms with Gasteiger partial charge >= 0.3 is 0 Å². The minimum absolute atomic E-state index is 0.0139. The van der Waals surface area contributed by atoms with Gasteiger partial charge in [-0.2, -0.15) is 0 Å². The van der Waals surface area contributed by atoms with Crippen molar-refractivity contribution in [2.45, 2.75) is 116 Å². The third-order valence-electron chi connectivity index (χ3n) is 5.96. The van der Waals surface area contributed by atoms with E-state index in [1.54, 1.807) is 0 Å². The van der Waals surface area contributed by atoms with Gasteiger partial charge < -0.3 is 10.4 Å². The fraction of sp³-hybridized carbons (Fsp3) is 0.741. The van der Waals surface area contributed by atoms with Crippen molar-refractivity contribution < 1.29 is 9.90 Å². The minimum atomic E-state index is -0.0139. The smallest absolute Gasteiger partial charge is 0.251 e. The van der Waals surface area contributed by atoms with Crippen molar-refractivity contribution >= 4 is 5.91 Å². The van der Waals surface area contributed by atoms with Crippen molar-refractivity contribution in [1.82, 2.24) is 5.32 Å². The molecule has 0 unspecified atom stereocenters. The van der Waals surface area contributed by atoms with E-state index in [4.69, 9.17) is 5.11 Å². The largest absolute Gasteiger partial charge is 0.396 e. The van der Waals surface area contributed by atoms with E-state index in [1.165, 1.54) is 96.3 Å². The summed E-state index contributed by atoms with van der Waals surface area (Å²) in [6, 6.07) is 7.55. The molecule has 0 aliphatic heterocycles. The number of aliphatic hydroxyl groups excluding tert-OH is 1. The van der Waals surface area contributed by atoms with E-state index in [2.05, 4.69) is 12.2 Å². The molecule has 0 radical (unpaired) electrons. The standard InChI is InChI=1S/C27H47NO2/c1-2-3-4-5-6-7-8-9-10-11-12-13-14-15-16-19-23-28-27(30)26-21-18-17-20-25(26)22-24-29/h17-18,20-21,29H,2-16,19,22-24H2,1H3,(H,28,30). The molecule has 0 saturated heterocycles. The maximum atomic E-state index is 12.3. The average molecular weight is 418 g/mol. The van der Waals surface area contributed by atoms with Crippen LogP contribution in [0.5, 0.6) is 0 Å². The molecule has 30 heavy (non-hydrogen) atoms. The number of unbranched alkanes of at least 4 members (excludes halogenated alkanes) is 15. The lowest BCUT2D eigenvalue weighted by Gasteiger charge is -2.09. The summed E-state index contributed by atoms with van der Waals surface area (Å²) >= 11 is 0. The molecular formula is C27H47NO2. The SMILES string of the molecule is CCCCCCCCCCCCCCCCCCNC(=O)c1ccccc1CCO. The first-order valence-corrected chi connectivity index (χ1v) is 12.8. The summed E-state index contributed by atoms with van der Waals surface area (Å²) in [5.41, 5.74) is 1.62. The number of amides is 1. The Morgan fingerprint density at radius 1 is 0.733 bits per heavy atom. The molecule has 0 bridgehead atoms. The van der Waals surface area contributed by atoms with Gasteiger partial charge in [-0.25, -0.2) is 0 Å². The second-order valence-electron chi connectivity index (χ2n) is 8.69. The highest BCUT2D eigenvalue weighted by molar-refractivity contribution is 5.95. The first-order chi connectivity index (χ1) is 14.8.